The number of hydrogen-bond donors (Lipinski definition) is 2. The predicted octanol–water partition coefficient (Wildman–Crippen LogP) is 8.37. The molecule has 0 radical (unpaired) electrons. The molecule has 2 heterocycles. The molecule has 0 saturated carbocycles. The number of rotatable bonds is 5. The number of anilines is 1. The van der Waals surface area contributed by atoms with Crippen LogP contribution in [0.15, 0.2) is 78.9 Å². The Balaban J connectivity index is 1.49. The van der Waals surface area contributed by atoms with E-state index in [1.807, 2.05) is 54.6 Å². The predicted molar refractivity (Wildman–Crippen MR) is 159 cm³/mol. The van der Waals surface area contributed by atoms with Gasteiger partial charge in [0, 0.05) is 22.4 Å². The highest BCUT2D eigenvalue weighted by Gasteiger charge is 2.33. The summed E-state index contributed by atoms with van der Waals surface area (Å²) in [4.78, 5) is 0. The van der Waals surface area contributed by atoms with Crippen LogP contribution in [0.3, 0.4) is 0 Å². The van der Waals surface area contributed by atoms with Gasteiger partial charge >= 0.3 is 0 Å². The molecule has 2 aliphatic rings. The summed E-state index contributed by atoms with van der Waals surface area (Å²) in [6, 6.07) is 22.9. The van der Waals surface area contributed by atoms with Crippen molar-refractivity contribution in [1.82, 2.24) is 0 Å². The fourth-order valence-corrected chi connectivity index (χ4v) is 5.55. The monoisotopic (exact) mass is 533 g/mol. The van der Waals surface area contributed by atoms with Gasteiger partial charge < -0.3 is 29.4 Å². The molecular weight excluding hydrogens is 502 g/mol. The van der Waals surface area contributed by atoms with Crippen molar-refractivity contribution in [3.63, 3.8) is 0 Å². The highest BCUT2D eigenvalue weighted by atomic mass is 16.5. The van der Waals surface area contributed by atoms with Crippen LogP contribution in [0, 0.1) is 0 Å². The Kier molecular flexibility index (Phi) is 6.18. The molecule has 0 atom stereocenters. The van der Waals surface area contributed by atoms with E-state index in [4.69, 9.17) is 18.9 Å². The van der Waals surface area contributed by atoms with E-state index in [1.165, 1.54) is 0 Å². The zero-order valence-corrected chi connectivity index (χ0v) is 23.2. The van der Waals surface area contributed by atoms with Crippen LogP contribution in [-0.4, -0.2) is 24.9 Å². The molecule has 0 unspecified atom stereocenters. The van der Waals surface area contributed by atoms with Crippen molar-refractivity contribution >= 4 is 23.1 Å². The Labute approximate surface area is 234 Å². The highest BCUT2D eigenvalue weighted by Crippen LogP contribution is 2.54. The Morgan fingerprint density at radius 3 is 2.35 bits per heavy atom. The van der Waals surface area contributed by atoms with Crippen LogP contribution < -0.4 is 24.3 Å². The average molecular weight is 534 g/mol. The molecule has 2 N–H and O–H groups in total. The first-order valence-corrected chi connectivity index (χ1v) is 13.1. The summed E-state index contributed by atoms with van der Waals surface area (Å²) >= 11 is 0. The second-order valence-electron chi connectivity index (χ2n) is 10.5. The molecular formula is C34H31NO5. The van der Waals surface area contributed by atoms with E-state index in [9.17, 15) is 5.11 Å². The maximum absolute atomic E-state index is 10.6. The van der Waals surface area contributed by atoms with E-state index in [0.717, 1.165) is 44.8 Å². The molecule has 4 aromatic rings. The number of ether oxygens (including phenoxy) is 4. The highest BCUT2D eigenvalue weighted by molar-refractivity contribution is 6.02. The first-order chi connectivity index (χ1) is 19.3. The number of phenols is 1. The summed E-state index contributed by atoms with van der Waals surface area (Å²) in [6.45, 7) is 6.42. The van der Waals surface area contributed by atoms with Crippen molar-refractivity contribution in [2.75, 3.05) is 19.5 Å². The van der Waals surface area contributed by atoms with Crippen LogP contribution in [0.4, 0.5) is 5.69 Å². The number of allylic oxidation sites excluding steroid dienone is 1. The molecule has 6 heteroatoms. The minimum absolute atomic E-state index is 0.0656. The smallest absolute Gasteiger partial charge is 0.172 e. The third kappa shape index (κ3) is 4.51. The number of aromatic hydroxyl groups is 1. The van der Waals surface area contributed by atoms with Crippen molar-refractivity contribution in [1.29, 1.82) is 0 Å². The normalized spacial score (nSPS) is 15.5. The topological polar surface area (TPSA) is 69.2 Å². The van der Waals surface area contributed by atoms with E-state index in [1.54, 1.807) is 26.4 Å². The van der Waals surface area contributed by atoms with Gasteiger partial charge in [0.05, 0.1) is 25.3 Å². The number of hydrogen-bond acceptors (Lipinski definition) is 6. The second-order valence-corrected chi connectivity index (χ2v) is 10.5. The number of benzene rings is 4. The van der Waals surface area contributed by atoms with E-state index < -0.39 is 0 Å². The fourth-order valence-electron chi connectivity index (χ4n) is 5.55. The maximum atomic E-state index is 10.6. The summed E-state index contributed by atoms with van der Waals surface area (Å²) in [6.07, 6.45) is 4.25. The molecule has 0 aliphatic carbocycles. The van der Waals surface area contributed by atoms with Gasteiger partial charge in [-0.05, 0) is 92.6 Å². The fraction of sp³-hybridized carbons (Fsp3) is 0.176. The van der Waals surface area contributed by atoms with Crippen LogP contribution in [0.2, 0.25) is 0 Å². The van der Waals surface area contributed by atoms with Crippen LogP contribution in [0.25, 0.3) is 28.5 Å². The third-order valence-electron chi connectivity index (χ3n) is 7.12. The molecule has 4 aromatic carbocycles. The lowest BCUT2D eigenvalue weighted by Gasteiger charge is -2.35. The molecule has 6 nitrogen and oxygen atoms in total. The Hall–Kier alpha value is -4.84. The number of fused-ring (bicyclic) bond motifs is 5. The SMILES string of the molecule is COc1ccc(Oc2cccc(C=C3Oc4ccc(O)c(OC)c4-c4ccc5c(c43)C(C)=CC(C)(C)N5)c2)cc1. The van der Waals surface area contributed by atoms with Crippen molar-refractivity contribution in [2.24, 2.45) is 0 Å². The van der Waals surface area contributed by atoms with Gasteiger partial charge in [0.25, 0.3) is 0 Å². The van der Waals surface area contributed by atoms with Crippen LogP contribution >= 0.6 is 0 Å². The average Bonchev–Trinajstić information content (AvgIpc) is 2.93. The van der Waals surface area contributed by atoms with Gasteiger partial charge in [-0.25, -0.2) is 0 Å². The van der Waals surface area contributed by atoms with Crippen molar-refractivity contribution in [3.8, 4) is 45.6 Å². The van der Waals surface area contributed by atoms with Gasteiger partial charge in [0.15, 0.2) is 11.5 Å². The van der Waals surface area contributed by atoms with Gasteiger partial charge in [0.1, 0.15) is 28.8 Å². The Morgan fingerprint density at radius 1 is 0.825 bits per heavy atom. The van der Waals surface area contributed by atoms with Crippen molar-refractivity contribution in [2.45, 2.75) is 26.3 Å². The standard InChI is InChI=1S/C34H31NO5/c1-20-19-34(2,3)35-26-14-13-25-31(30(20)26)29(40-28-16-15-27(36)33(38-5)32(25)28)18-21-7-6-8-24(17-21)39-23-11-9-22(37-4)10-12-23/h6-19,35-36H,1-5H3. The molecule has 0 aromatic heterocycles. The summed E-state index contributed by atoms with van der Waals surface area (Å²) in [5.41, 5.74) is 6.56. The maximum Gasteiger partial charge on any atom is 0.172 e. The first kappa shape index (κ1) is 25.4. The molecule has 2 aliphatic heterocycles. The molecule has 0 spiro atoms. The van der Waals surface area contributed by atoms with Gasteiger partial charge in [-0.1, -0.05) is 24.3 Å². The quantitative estimate of drug-likeness (QED) is 0.269. The lowest BCUT2D eigenvalue weighted by atomic mass is 9.83. The van der Waals surface area contributed by atoms with Gasteiger partial charge in [0.2, 0.25) is 0 Å². The summed E-state index contributed by atoms with van der Waals surface area (Å²) in [5, 5.41) is 14.2. The lowest BCUT2D eigenvalue weighted by Crippen LogP contribution is -2.32. The summed E-state index contributed by atoms with van der Waals surface area (Å²) in [5.74, 6) is 3.96. The van der Waals surface area contributed by atoms with E-state index in [2.05, 4.69) is 44.3 Å². The minimum atomic E-state index is -0.189. The molecule has 0 bridgehead atoms. The Morgan fingerprint density at radius 2 is 1.60 bits per heavy atom. The van der Waals surface area contributed by atoms with Gasteiger partial charge in [-0.3, -0.25) is 0 Å². The number of nitrogens with one attached hydrogen (secondary N) is 1. The van der Waals surface area contributed by atoms with Crippen molar-refractivity contribution < 1.29 is 24.1 Å². The third-order valence-corrected chi connectivity index (χ3v) is 7.12. The number of phenolic OH excluding ortho intramolecular Hbond substituents is 1. The first-order valence-electron chi connectivity index (χ1n) is 13.1. The largest absolute Gasteiger partial charge is 0.504 e. The van der Waals surface area contributed by atoms with Crippen LogP contribution in [0.5, 0.6) is 34.5 Å². The molecule has 202 valence electrons. The minimum Gasteiger partial charge on any atom is -0.504 e. The summed E-state index contributed by atoms with van der Waals surface area (Å²) < 4.78 is 23.6. The molecule has 0 fully saturated rings. The molecule has 0 amide bonds. The van der Waals surface area contributed by atoms with E-state index >= 15 is 0 Å². The Bertz CT molecular complexity index is 1680. The molecule has 6 rings (SSSR count). The van der Waals surface area contributed by atoms with E-state index in [-0.39, 0.29) is 11.3 Å². The van der Waals surface area contributed by atoms with Crippen molar-refractivity contribution in [3.05, 3.63) is 95.6 Å². The summed E-state index contributed by atoms with van der Waals surface area (Å²) in [7, 11) is 3.20. The van der Waals surface area contributed by atoms with Gasteiger partial charge in [-0.2, -0.15) is 0 Å². The zero-order valence-electron chi connectivity index (χ0n) is 23.2. The zero-order chi connectivity index (χ0) is 28.0. The molecule has 0 saturated heterocycles. The van der Waals surface area contributed by atoms with Crippen LogP contribution in [0.1, 0.15) is 37.5 Å². The lowest BCUT2D eigenvalue weighted by molar-refractivity contribution is 0.371. The van der Waals surface area contributed by atoms with Crippen LogP contribution in [-0.2, 0) is 0 Å². The second kappa shape index (κ2) is 9.72. The van der Waals surface area contributed by atoms with Gasteiger partial charge in [-0.15, -0.1) is 0 Å². The van der Waals surface area contributed by atoms with E-state index in [0.29, 0.717) is 28.8 Å². The number of methoxy groups -OCH3 is 2. The molecule has 40 heavy (non-hydrogen) atoms.